The van der Waals surface area contributed by atoms with Gasteiger partial charge in [-0.05, 0) is 17.2 Å². The summed E-state index contributed by atoms with van der Waals surface area (Å²) in [5.74, 6) is -0.499. The van der Waals surface area contributed by atoms with Crippen molar-refractivity contribution in [2.24, 2.45) is 0 Å². The Morgan fingerprint density at radius 1 is 1.07 bits per heavy atom. The summed E-state index contributed by atoms with van der Waals surface area (Å²) in [4.78, 5) is 23.2. The van der Waals surface area contributed by atoms with Crippen LogP contribution in [0.15, 0.2) is 30.3 Å². The van der Waals surface area contributed by atoms with Crippen LogP contribution >= 0.6 is 0 Å². The normalized spacial score (nSPS) is 10.4. The third-order valence-electron chi connectivity index (χ3n) is 3.95. The molecule has 0 fully saturated rings. The Morgan fingerprint density at radius 2 is 1.70 bits per heavy atom. The average molecular weight is 377 g/mol. The molecular weight excluding hydrogens is 358 g/mol. The minimum absolute atomic E-state index is 0.0204. The summed E-state index contributed by atoms with van der Waals surface area (Å²) in [5.41, 5.74) is 0.310. The van der Waals surface area contributed by atoms with E-state index in [1.807, 2.05) is 0 Å². The Bertz CT molecular complexity index is 827. The third kappa shape index (κ3) is 4.15. The zero-order chi connectivity index (χ0) is 20.0. The van der Waals surface area contributed by atoms with Gasteiger partial charge in [-0.15, -0.1) is 0 Å². The first kappa shape index (κ1) is 20.1. The maximum atomic E-state index is 12.5. The van der Waals surface area contributed by atoms with E-state index >= 15 is 0 Å². The molecule has 0 atom stereocenters. The van der Waals surface area contributed by atoms with Gasteiger partial charge in [0.25, 0.3) is 5.69 Å². The smallest absolute Gasteiger partial charge is 0.339 e. The van der Waals surface area contributed by atoms with Gasteiger partial charge in [0.15, 0.2) is 11.5 Å². The van der Waals surface area contributed by atoms with Crippen molar-refractivity contribution in [3.8, 4) is 11.5 Å². The SMILES string of the molecule is COc1ccc([N+](=O)[O-])c(COC(=O)c2c(CO)cccc2CO)c1OC. The standard InChI is InChI=1S/C18H19NO8/c1-25-15-7-6-14(19(23)24)13(17(15)26-2)10-27-18(22)16-11(8-20)4-3-5-12(16)9-21/h3-7,20-21H,8-10H2,1-2H3. The van der Waals surface area contributed by atoms with E-state index in [1.54, 1.807) is 6.07 Å². The highest BCUT2D eigenvalue weighted by atomic mass is 16.6. The number of aliphatic hydroxyl groups is 2. The van der Waals surface area contributed by atoms with Crippen LogP contribution in [0.5, 0.6) is 11.5 Å². The fourth-order valence-corrected chi connectivity index (χ4v) is 2.68. The number of nitrogens with zero attached hydrogens (tertiary/aromatic N) is 1. The number of benzene rings is 2. The van der Waals surface area contributed by atoms with E-state index in [1.165, 1.54) is 38.5 Å². The molecule has 2 aromatic carbocycles. The Morgan fingerprint density at radius 3 is 2.19 bits per heavy atom. The number of nitro groups is 1. The van der Waals surface area contributed by atoms with Crippen LogP contribution in [0.2, 0.25) is 0 Å². The molecule has 0 saturated carbocycles. The maximum Gasteiger partial charge on any atom is 0.339 e. The van der Waals surface area contributed by atoms with Crippen LogP contribution in [0, 0.1) is 10.1 Å². The van der Waals surface area contributed by atoms with Gasteiger partial charge in [-0.2, -0.15) is 0 Å². The molecular formula is C18H19NO8. The summed E-state index contributed by atoms with van der Waals surface area (Å²) in [6, 6.07) is 7.23. The molecule has 2 N–H and O–H groups in total. The first-order valence-electron chi connectivity index (χ1n) is 7.86. The summed E-state index contributed by atoms with van der Waals surface area (Å²) in [6.45, 7) is -1.32. The van der Waals surface area contributed by atoms with Gasteiger partial charge < -0.3 is 24.4 Å². The van der Waals surface area contributed by atoms with E-state index in [4.69, 9.17) is 14.2 Å². The molecule has 144 valence electrons. The highest BCUT2D eigenvalue weighted by Crippen LogP contribution is 2.37. The maximum absolute atomic E-state index is 12.5. The molecule has 9 nitrogen and oxygen atoms in total. The number of hydrogen-bond acceptors (Lipinski definition) is 8. The average Bonchev–Trinajstić information content (AvgIpc) is 2.69. The van der Waals surface area contributed by atoms with Crippen LogP contribution in [0.25, 0.3) is 0 Å². The second-order valence-electron chi connectivity index (χ2n) is 5.40. The third-order valence-corrected chi connectivity index (χ3v) is 3.95. The lowest BCUT2D eigenvalue weighted by atomic mass is 10.0. The molecule has 0 aliphatic heterocycles. The first-order valence-corrected chi connectivity index (χ1v) is 7.86. The Kier molecular flexibility index (Phi) is 6.69. The zero-order valence-corrected chi connectivity index (χ0v) is 14.8. The minimum Gasteiger partial charge on any atom is -0.493 e. The second kappa shape index (κ2) is 8.97. The number of carbonyl (C=O) groups excluding carboxylic acids is 1. The predicted octanol–water partition coefficient (Wildman–Crippen LogP) is 1.95. The quantitative estimate of drug-likeness (QED) is 0.406. The van der Waals surface area contributed by atoms with E-state index in [9.17, 15) is 25.1 Å². The van der Waals surface area contributed by atoms with Gasteiger partial charge in [-0.1, -0.05) is 18.2 Å². The molecule has 0 spiro atoms. The fourth-order valence-electron chi connectivity index (χ4n) is 2.68. The Labute approximate surface area is 154 Å². The summed E-state index contributed by atoms with van der Waals surface area (Å²) in [5, 5.41) is 30.2. The molecule has 2 aromatic rings. The van der Waals surface area contributed by atoms with Gasteiger partial charge in [0.1, 0.15) is 12.2 Å². The van der Waals surface area contributed by atoms with Gasteiger partial charge in [0.05, 0.1) is 37.9 Å². The topological polar surface area (TPSA) is 128 Å². The van der Waals surface area contributed by atoms with Gasteiger partial charge in [0.2, 0.25) is 0 Å². The van der Waals surface area contributed by atoms with Crippen LogP contribution in [-0.2, 0) is 24.6 Å². The lowest BCUT2D eigenvalue weighted by Crippen LogP contribution is -2.13. The summed E-state index contributed by atoms with van der Waals surface area (Å²) in [7, 11) is 2.70. The molecule has 0 bridgehead atoms. The molecule has 2 rings (SSSR count). The van der Waals surface area contributed by atoms with E-state index < -0.39 is 30.7 Å². The van der Waals surface area contributed by atoms with E-state index in [-0.39, 0.29) is 39.4 Å². The van der Waals surface area contributed by atoms with Crippen molar-refractivity contribution in [3.63, 3.8) is 0 Å². The van der Waals surface area contributed by atoms with Crippen LogP contribution in [0.1, 0.15) is 27.0 Å². The van der Waals surface area contributed by atoms with Crippen molar-refractivity contribution >= 4 is 11.7 Å². The Balaban J connectivity index is 2.39. The highest BCUT2D eigenvalue weighted by molar-refractivity contribution is 5.92. The first-order chi connectivity index (χ1) is 13.0. The number of carbonyl (C=O) groups is 1. The molecule has 0 amide bonds. The summed E-state index contributed by atoms with van der Waals surface area (Å²) < 4.78 is 15.5. The lowest BCUT2D eigenvalue weighted by molar-refractivity contribution is -0.385. The molecule has 0 aliphatic carbocycles. The van der Waals surface area contributed by atoms with Crippen molar-refractivity contribution in [2.45, 2.75) is 19.8 Å². The number of ether oxygens (including phenoxy) is 3. The van der Waals surface area contributed by atoms with Gasteiger partial charge in [-0.25, -0.2) is 4.79 Å². The number of rotatable bonds is 8. The summed E-state index contributed by atoms with van der Waals surface area (Å²) in [6.07, 6.45) is 0. The second-order valence-corrected chi connectivity index (χ2v) is 5.40. The molecule has 0 aliphatic rings. The van der Waals surface area contributed by atoms with Crippen molar-refractivity contribution in [1.82, 2.24) is 0 Å². The molecule has 0 radical (unpaired) electrons. The Hall–Kier alpha value is -3.17. The number of hydrogen-bond donors (Lipinski definition) is 2. The van der Waals surface area contributed by atoms with Crippen molar-refractivity contribution in [2.75, 3.05) is 14.2 Å². The largest absolute Gasteiger partial charge is 0.493 e. The number of esters is 1. The van der Waals surface area contributed by atoms with Crippen molar-refractivity contribution < 1.29 is 34.1 Å². The molecule has 0 unspecified atom stereocenters. The molecule has 9 heteroatoms. The van der Waals surface area contributed by atoms with E-state index in [2.05, 4.69) is 0 Å². The van der Waals surface area contributed by atoms with Crippen molar-refractivity contribution in [3.05, 3.63) is 62.7 Å². The van der Waals surface area contributed by atoms with Gasteiger partial charge >= 0.3 is 5.97 Å². The van der Waals surface area contributed by atoms with Crippen molar-refractivity contribution in [1.29, 1.82) is 0 Å². The number of nitro benzene ring substituents is 1. The molecule has 27 heavy (non-hydrogen) atoms. The predicted molar refractivity (Wildman–Crippen MR) is 93.6 cm³/mol. The van der Waals surface area contributed by atoms with Crippen LogP contribution in [0.4, 0.5) is 5.69 Å². The monoisotopic (exact) mass is 377 g/mol. The molecule has 0 aromatic heterocycles. The van der Waals surface area contributed by atoms with Crippen LogP contribution < -0.4 is 9.47 Å². The van der Waals surface area contributed by atoms with Crippen LogP contribution in [-0.4, -0.2) is 35.3 Å². The fraction of sp³-hybridized carbons (Fsp3) is 0.278. The minimum atomic E-state index is -0.831. The van der Waals surface area contributed by atoms with E-state index in [0.717, 1.165) is 0 Å². The number of methoxy groups -OCH3 is 2. The lowest BCUT2D eigenvalue weighted by Gasteiger charge is -2.15. The van der Waals surface area contributed by atoms with Gasteiger partial charge in [0, 0.05) is 6.07 Å². The number of aliphatic hydroxyl groups excluding tert-OH is 2. The molecule has 0 saturated heterocycles. The van der Waals surface area contributed by atoms with Gasteiger partial charge in [-0.3, -0.25) is 10.1 Å². The zero-order valence-electron chi connectivity index (χ0n) is 14.8. The highest BCUT2D eigenvalue weighted by Gasteiger charge is 2.25. The molecule has 0 heterocycles. The van der Waals surface area contributed by atoms with E-state index in [0.29, 0.717) is 0 Å². The van der Waals surface area contributed by atoms with Crippen LogP contribution in [0.3, 0.4) is 0 Å². The summed E-state index contributed by atoms with van der Waals surface area (Å²) >= 11 is 0.